The molecule has 0 heterocycles. The molecule has 1 N–H and O–H groups in total. The monoisotopic (exact) mass is 272 g/mol. The maximum absolute atomic E-state index is 9.44. The number of para-hydroxylation sites is 1. The van der Waals surface area contributed by atoms with Crippen LogP contribution in [0.4, 0.5) is 0 Å². The Morgan fingerprint density at radius 2 is 2.10 bits per heavy atom. The molecule has 0 spiro atoms. The van der Waals surface area contributed by atoms with Crippen LogP contribution in [0.5, 0.6) is 5.75 Å². The molecule has 1 aromatic rings. The van der Waals surface area contributed by atoms with Gasteiger partial charge in [-0.25, -0.2) is 0 Å². The molecular weight excluding hydrogens is 248 g/mol. The van der Waals surface area contributed by atoms with E-state index in [0.717, 1.165) is 31.4 Å². The fourth-order valence-electron chi connectivity index (χ4n) is 3.33. The Hall–Kier alpha value is -1.53. The van der Waals surface area contributed by atoms with E-state index in [1.807, 2.05) is 7.05 Å². The van der Waals surface area contributed by atoms with Crippen LogP contribution < -0.4 is 10.1 Å². The highest BCUT2D eigenvalue weighted by Crippen LogP contribution is 2.37. The Kier molecular flexibility index (Phi) is 4.67. The number of nitrogens with zero attached hydrogens (tertiary/aromatic N) is 1. The summed E-state index contributed by atoms with van der Waals surface area (Å²) < 4.78 is 5.97. The summed E-state index contributed by atoms with van der Waals surface area (Å²) in [5.74, 6) is 1.39. The number of rotatable bonds is 5. The molecule has 1 aliphatic carbocycles. The Labute approximate surface area is 121 Å². The molecule has 20 heavy (non-hydrogen) atoms. The second-order valence-electron chi connectivity index (χ2n) is 5.78. The minimum Gasteiger partial charge on any atom is -0.493 e. The largest absolute Gasteiger partial charge is 0.493 e. The van der Waals surface area contributed by atoms with E-state index in [2.05, 4.69) is 43.4 Å². The van der Waals surface area contributed by atoms with Crippen LogP contribution in [-0.4, -0.2) is 19.2 Å². The molecule has 0 radical (unpaired) electrons. The highest BCUT2D eigenvalue weighted by molar-refractivity contribution is 5.39. The summed E-state index contributed by atoms with van der Waals surface area (Å²) >= 11 is 0. The van der Waals surface area contributed by atoms with Crippen LogP contribution in [-0.2, 0) is 0 Å². The van der Waals surface area contributed by atoms with Gasteiger partial charge in [0.1, 0.15) is 11.3 Å². The van der Waals surface area contributed by atoms with Crippen LogP contribution in [0.3, 0.4) is 0 Å². The normalized spacial score (nSPS) is 25.4. The highest BCUT2D eigenvalue weighted by Gasteiger charge is 2.41. The number of nitriles is 1. The van der Waals surface area contributed by atoms with Gasteiger partial charge in [-0.2, -0.15) is 5.26 Å². The molecule has 2 unspecified atom stereocenters. The lowest BCUT2D eigenvalue weighted by Crippen LogP contribution is -2.45. The maximum Gasteiger partial charge on any atom is 0.125 e. The molecule has 0 bridgehead atoms. The van der Waals surface area contributed by atoms with E-state index in [1.165, 1.54) is 11.1 Å². The zero-order valence-corrected chi connectivity index (χ0v) is 12.7. The molecule has 0 aromatic heterocycles. The second-order valence-corrected chi connectivity index (χ2v) is 5.78. The minimum atomic E-state index is -0.343. The zero-order valence-electron chi connectivity index (χ0n) is 12.7. The summed E-state index contributed by atoms with van der Waals surface area (Å²) in [4.78, 5) is 0. The first-order chi connectivity index (χ1) is 9.63. The first-order valence-corrected chi connectivity index (χ1v) is 7.42. The predicted molar refractivity (Wildman–Crippen MR) is 80.8 cm³/mol. The average molecular weight is 272 g/mol. The maximum atomic E-state index is 9.44. The Bertz CT molecular complexity index is 486. The van der Waals surface area contributed by atoms with E-state index < -0.39 is 0 Å². The Morgan fingerprint density at radius 3 is 2.70 bits per heavy atom. The van der Waals surface area contributed by atoms with Gasteiger partial charge in [0, 0.05) is 0 Å². The van der Waals surface area contributed by atoms with Gasteiger partial charge in [-0.05, 0) is 57.2 Å². The van der Waals surface area contributed by atoms with Gasteiger partial charge in [0.2, 0.25) is 0 Å². The SMILES string of the molecule is CNC1(C#N)CCCC1CCOc1c(C)cccc1C. The zero-order chi connectivity index (χ0) is 14.6. The van der Waals surface area contributed by atoms with Crippen molar-refractivity contribution in [2.75, 3.05) is 13.7 Å². The molecule has 0 aliphatic heterocycles. The van der Waals surface area contributed by atoms with Crippen LogP contribution >= 0.6 is 0 Å². The molecule has 2 rings (SSSR count). The molecule has 0 saturated heterocycles. The smallest absolute Gasteiger partial charge is 0.125 e. The van der Waals surface area contributed by atoms with Crippen molar-refractivity contribution < 1.29 is 4.74 Å². The quantitative estimate of drug-likeness (QED) is 0.894. The third-order valence-corrected chi connectivity index (χ3v) is 4.59. The van der Waals surface area contributed by atoms with Crippen molar-refractivity contribution in [1.82, 2.24) is 5.32 Å². The summed E-state index contributed by atoms with van der Waals surface area (Å²) in [6, 6.07) is 8.68. The van der Waals surface area contributed by atoms with Gasteiger partial charge in [-0.3, -0.25) is 0 Å². The van der Waals surface area contributed by atoms with Crippen molar-refractivity contribution in [1.29, 1.82) is 5.26 Å². The lowest BCUT2D eigenvalue weighted by molar-refractivity contribution is 0.237. The molecule has 3 nitrogen and oxygen atoms in total. The first kappa shape index (κ1) is 14.9. The van der Waals surface area contributed by atoms with Crippen LogP contribution in [0, 0.1) is 31.1 Å². The first-order valence-electron chi connectivity index (χ1n) is 7.42. The lowest BCUT2D eigenvalue weighted by atomic mass is 9.86. The van der Waals surface area contributed by atoms with Crippen LogP contribution in [0.25, 0.3) is 0 Å². The number of nitrogens with one attached hydrogen (secondary N) is 1. The molecule has 0 amide bonds. The fraction of sp³-hybridized carbons (Fsp3) is 0.588. The number of aryl methyl sites for hydroxylation is 2. The van der Waals surface area contributed by atoms with Crippen LogP contribution in [0.1, 0.15) is 36.8 Å². The average Bonchev–Trinajstić information content (AvgIpc) is 2.85. The second kappa shape index (κ2) is 6.28. The minimum absolute atomic E-state index is 0.343. The third kappa shape index (κ3) is 2.81. The van der Waals surface area contributed by atoms with Crippen LogP contribution in [0.15, 0.2) is 18.2 Å². The molecule has 2 atom stereocenters. The fourth-order valence-corrected chi connectivity index (χ4v) is 3.33. The summed E-state index contributed by atoms with van der Waals surface area (Å²) in [6.45, 7) is 4.83. The van der Waals surface area contributed by atoms with Crippen molar-refractivity contribution >= 4 is 0 Å². The Morgan fingerprint density at radius 1 is 1.40 bits per heavy atom. The molecule has 1 aliphatic rings. The molecule has 3 heteroatoms. The summed E-state index contributed by atoms with van der Waals surface area (Å²) in [5.41, 5.74) is 2.01. The van der Waals surface area contributed by atoms with Crippen molar-refractivity contribution in [3.63, 3.8) is 0 Å². The molecular formula is C17H24N2O. The molecule has 1 aromatic carbocycles. The van der Waals surface area contributed by atoms with Gasteiger partial charge in [0.25, 0.3) is 0 Å². The molecule has 108 valence electrons. The van der Waals surface area contributed by atoms with E-state index in [-0.39, 0.29) is 5.54 Å². The Balaban J connectivity index is 1.95. The van der Waals surface area contributed by atoms with E-state index >= 15 is 0 Å². The van der Waals surface area contributed by atoms with E-state index in [1.54, 1.807) is 0 Å². The summed E-state index contributed by atoms with van der Waals surface area (Å²) in [5, 5.41) is 12.7. The standard InChI is InChI=1S/C17H24N2O/c1-13-6-4-7-14(2)16(13)20-11-9-15-8-5-10-17(15,12-18)19-3/h4,6-7,15,19H,5,8-11H2,1-3H3. The van der Waals surface area contributed by atoms with E-state index in [9.17, 15) is 5.26 Å². The van der Waals surface area contributed by atoms with Crippen LogP contribution in [0.2, 0.25) is 0 Å². The molecule has 1 saturated carbocycles. The van der Waals surface area contributed by atoms with Crippen molar-refractivity contribution in [2.24, 2.45) is 5.92 Å². The van der Waals surface area contributed by atoms with Gasteiger partial charge >= 0.3 is 0 Å². The lowest BCUT2D eigenvalue weighted by Gasteiger charge is -2.28. The van der Waals surface area contributed by atoms with Gasteiger partial charge in [-0.15, -0.1) is 0 Å². The van der Waals surface area contributed by atoms with Crippen molar-refractivity contribution in [3.05, 3.63) is 29.3 Å². The topological polar surface area (TPSA) is 45.0 Å². The highest BCUT2D eigenvalue weighted by atomic mass is 16.5. The number of ether oxygens (including phenoxy) is 1. The molecule has 1 fully saturated rings. The summed E-state index contributed by atoms with van der Waals surface area (Å²) in [6.07, 6.45) is 4.13. The number of hydrogen-bond donors (Lipinski definition) is 1. The van der Waals surface area contributed by atoms with Gasteiger partial charge in [0.05, 0.1) is 12.7 Å². The van der Waals surface area contributed by atoms with E-state index in [0.29, 0.717) is 12.5 Å². The number of benzene rings is 1. The van der Waals surface area contributed by atoms with Gasteiger partial charge < -0.3 is 10.1 Å². The third-order valence-electron chi connectivity index (χ3n) is 4.59. The van der Waals surface area contributed by atoms with Gasteiger partial charge in [0.15, 0.2) is 0 Å². The number of hydrogen-bond acceptors (Lipinski definition) is 3. The van der Waals surface area contributed by atoms with E-state index in [4.69, 9.17) is 4.74 Å². The van der Waals surface area contributed by atoms with Crippen molar-refractivity contribution in [2.45, 2.75) is 45.1 Å². The van der Waals surface area contributed by atoms with Crippen molar-refractivity contribution in [3.8, 4) is 11.8 Å². The van der Waals surface area contributed by atoms with Gasteiger partial charge in [-0.1, -0.05) is 24.6 Å². The summed E-state index contributed by atoms with van der Waals surface area (Å²) in [7, 11) is 1.90. The predicted octanol–water partition coefficient (Wildman–Crippen LogP) is 3.35.